The second kappa shape index (κ2) is 5.15. The van der Waals surface area contributed by atoms with Crippen LogP contribution in [0.5, 0.6) is 0 Å². The van der Waals surface area contributed by atoms with Crippen LogP contribution in [0.2, 0.25) is 0 Å². The number of aliphatic imine (C=N–C) groups is 1. The Hall–Kier alpha value is -0.990. The number of nitrogens with one attached hydrogen (secondary N) is 1. The van der Waals surface area contributed by atoms with Gasteiger partial charge in [-0.1, -0.05) is 13.8 Å². The van der Waals surface area contributed by atoms with E-state index in [1.807, 2.05) is 13.8 Å². The van der Waals surface area contributed by atoms with Crippen LogP contribution in [0.25, 0.3) is 0 Å². The molecule has 9 heavy (non-hydrogen) atoms. The quantitative estimate of drug-likeness (QED) is 0.444. The van der Waals surface area contributed by atoms with Crippen LogP contribution < -0.4 is 0 Å². The van der Waals surface area contributed by atoms with Crippen molar-refractivity contribution in [2.75, 3.05) is 0 Å². The molecule has 3 nitrogen and oxygen atoms in total. The van der Waals surface area contributed by atoms with Crippen molar-refractivity contribution in [2.24, 2.45) is 16.0 Å². The van der Waals surface area contributed by atoms with Crippen molar-refractivity contribution >= 4 is 6.21 Å². The highest BCUT2D eigenvalue weighted by Crippen LogP contribution is 1.85. The van der Waals surface area contributed by atoms with Crippen molar-refractivity contribution < 1.29 is 0 Å². The fourth-order valence-corrected chi connectivity index (χ4v) is 0.294. The zero-order valence-corrected chi connectivity index (χ0v) is 5.70. The fraction of sp³-hybridized carbons (Fsp3) is 0.500. The Morgan fingerprint density at radius 2 is 2.00 bits per heavy atom. The molecule has 0 aliphatic heterocycles. The molecule has 0 aromatic carbocycles. The molecule has 0 spiro atoms. The molecule has 0 aliphatic carbocycles. The molecule has 0 bridgehead atoms. The predicted molar refractivity (Wildman–Crippen MR) is 37.6 cm³/mol. The van der Waals surface area contributed by atoms with Gasteiger partial charge in [0, 0.05) is 12.4 Å². The molecule has 0 saturated carbocycles. The van der Waals surface area contributed by atoms with Gasteiger partial charge in [-0.05, 0) is 5.92 Å². The van der Waals surface area contributed by atoms with Crippen molar-refractivity contribution in [1.82, 2.24) is 0 Å². The first kappa shape index (κ1) is 8.01. The van der Waals surface area contributed by atoms with Gasteiger partial charge in [0.2, 0.25) is 0 Å². The number of rotatable bonds is 3. The van der Waals surface area contributed by atoms with Crippen molar-refractivity contribution in [2.45, 2.75) is 13.8 Å². The summed E-state index contributed by atoms with van der Waals surface area (Å²) in [5.74, 6) is 0.459. The first-order valence-electron chi connectivity index (χ1n) is 2.82. The third-order valence-corrected chi connectivity index (χ3v) is 0.611. The van der Waals surface area contributed by atoms with Crippen LogP contribution in [-0.4, -0.2) is 6.21 Å². The highest BCUT2D eigenvalue weighted by molar-refractivity contribution is 5.60. The van der Waals surface area contributed by atoms with E-state index in [1.165, 1.54) is 12.4 Å². The highest BCUT2D eigenvalue weighted by atomic mass is 14.9. The van der Waals surface area contributed by atoms with E-state index in [9.17, 15) is 0 Å². The van der Waals surface area contributed by atoms with E-state index < -0.39 is 0 Å². The number of nitrogens with zero attached hydrogens (tertiary/aromatic N) is 2. The van der Waals surface area contributed by atoms with Crippen LogP contribution in [0.3, 0.4) is 0 Å². The van der Waals surface area contributed by atoms with E-state index in [0.717, 1.165) is 0 Å². The number of hydrogen-bond acceptors (Lipinski definition) is 3. The smallest absolute Gasteiger partial charge is 0.0671 e. The minimum Gasteiger partial charge on any atom is -0.267 e. The maximum absolute atomic E-state index is 6.35. The molecule has 1 N–H and O–H groups in total. The number of hydrogen-bond donors (Lipinski definition) is 1. The maximum Gasteiger partial charge on any atom is 0.0671 e. The monoisotopic (exact) mass is 125 g/mol. The lowest BCUT2D eigenvalue weighted by Gasteiger charge is -1.86. The second-order valence-electron chi connectivity index (χ2n) is 1.97. The van der Waals surface area contributed by atoms with Crippen LogP contribution in [0.1, 0.15) is 13.8 Å². The standard InChI is InChI=1S/C6H11N3/c1-6(2)5-8-3-4-9-7/h3-7H,1-2H3/b4-3-,8-5?,9-7?. The molecule has 0 fully saturated rings. The Morgan fingerprint density at radius 1 is 1.33 bits per heavy atom. The van der Waals surface area contributed by atoms with Gasteiger partial charge in [-0.15, -0.1) is 0 Å². The van der Waals surface area contributed by atoms with Crippen LogP contribution in [0.4, 0.5) is 0 Å². The van der Waals surface area contributed by atoms with Gasteiger partial charge in [-0.2, -0.15) is 5.11 Å². The molecule has 0 rings (SSSR count). The van der Waals surface area contributed by atoms with E-state index in [2.05, 4.69) is 10.1 Å². The summed E-state index contributed by atoms with van der Waals surface area (Å²) in [6.45, 7) is 4.07. The van der Waals surface area contributed by atoms with Crippen LogP contribution in [-0.2, 0) is 0 Å². The van der Waals surface area contributed by atoms with Crippen LogP contribution >= 0.6 is 0 Å². The molecular weight excluding hydrogens is 114 g/mol. The summed E-state index contributed by atoms with van der Waals surface area (Å²) >= 11 is 0. The van der Waals surface area contributed by atoms with Gasteiger partial charge in [-0.3, -0.25) is 4.99 Å². The Balaban J connectivity index is 3.46. The van der Waals surface area contributed by atoms with Gasteiger partial charge < -0.3 is 0 Å². The van der Waals surface area contributed by atoms with E-state index in [4.69, 9.17) is 5.53 Å². The summed E-state index contributed by atoms with van der Waals surface area (Å²) in [5, 5.41) is 2.99. The minimum atomic E-state index is 0.459. The molecule has 0 unspecified atom stereocenters. The topological polar surface area (TPSA) is 48.6 Å². The normalized spacial score (nSPS) is 11.9. The fourth-order valence-electron chi connectivity index (χ4n) is 0.294. The van der Waals surface area contributed by atoms with Gasteiger partial charge in [0.25, 0.3) is 0 Å². The summed E-state index contributed by atoms with van der Waals surface area (Å²) in [6.07, 6.45) is 4.62. The van der Waals surface area contributed by atoms with Crippen molar-refractivity contribution in [1.29, 1.82) is 5.53 Å². The zero-order valence-electron chi connectivity index (χ0n) is 5.70. The predicted octanol–water partition coefficient (Wildman–Crippen LogP) is 2.22. The van der Waals surface area contributed by atoms with Crippen molar-refractivity contribution in [3.05, 3.63) is 12.4 Å². The Labute approximate surface area is 55.0 Å². The molecule has 0 saturated heterocycles. The van der Waals surface area contributed by atoms with E-state index >= 15 is 0 Å². The summed E-state index contributed by atoms with van der Waals surface area (Å²) < 4.78 is 0. The Kier molecular flexibility index (Phi) is 4.59. The molecule has 0 radical (unpaired) electrons. The van der Waals surface area contributed by atoms with E-state index in [1.54, 1.807) is 6.21 Å². The lowest BCUT2D eigenvalue weighted by molar-refractivity contribution is 0.907. The zero-order chi connectivity index (χ0) is 7.11. The molecule has 0 heterocycles. The van der Waals surface area contributed by atoms with Gasteiger partial charge in [0.1, 0.15) is 0 Å². The van der Waals surface area contributed by atoms with Gasteiger partial charge in [-0.25, -0.2) is 5.53 Å². The Bertz CT molecular complexity index is 124. The van der Waals surface area contributed by atoms with Crippen LogP contribution in [0.15, 0.2) is 22.5 Å². The van der Waals surface area contributed by atoms with E-state index in [-0.39, 0.29) is 0 Å². The second-order valence-corrected chi connectivity index (χ2v) is 1.97. The maximum atomic E-state index is 6.35. The third kappa shape index (κ3) is 7.01. The molecule has 0 aliphatic rings. The minimum absolute atomic E-state index is 0.459. The van der Waals surface area contributed by atoms with Crippen LogP contribution in [0, 0.1) is 11.4 Å². The van der Waals surface area contributed by atoms with Gasteiger partial charge >= 0.3 is 0 Å². The molecule has 0 amide bonds. The molecule has 3 heteroatoms. The first-order valence-corrected chi connectivity index (χ1v) is 2.82. The molecular formula is C6H11N3. The molecule has 0 aromatic rings. The largest absolute Gasteiger partial charge is 0.267 e. The average molecular weight is 125 g/mol. The molecule has 50 valence electrons. The van der Waals surface area contributed by atoms with Gasteiger partial charge in [0.05, 0.1) is 6.20 Å². The van der Waals surface area contributed by atoms with Gasteiger partial charge in [0.15, 0.2) is 0 Å². The summed E-state index contributed by atoms with van der Waals surface area (Å²) in [4.78, 5) is 3.84. The van der Waals surface area contributed by atoms with E-state index in [0.29, 0.717) is 5.92 Å². The lowest BCUT2D eigenvalue weighted by Crippen LogP contribution is -1.84. The lowest BCUT2D eigenvalue weighted by atomic mass is 10.3. The SMILES string of the molecule is CC(C)C=N/C=C\N=N. The summed E-state index contributed by atoms with van der Waals surface area (Å²) in [6, 6.07) is 0. The first-order chi connectivity index (χ1) is 4.27. The Morgan fingerprint density at radius 3 is 2.44 bits per heavy atom. The van der Waals surface area contributed by atoms with Crippen molar-refractivity contribution in [3.8, 4) is 0 Å². The van der Waals surface area contributed by atoms with Crippen molar-refractivity contribution in [3.63, 3.8) is 0 Å². The average Bonchev–Trinajstić information content (AvgIpc) is 1.80. The molecule has 0 atom stereocenters. The highest BCUT2D eigenvalue weighted by Gasteiger charge is 1.79. The molecule has 0 aromatic heterocycles. The summed E-state index contributed by atoms with van der Waals surface area (Å²) in [5.41, 5.74) is 6.35. The summed E-state index contributed by atoms with van der Waals surface area (Å²) in [7, 11) is 0. The third-order valence-electron chi connectivity index (χ3n) is 0.611.